The van der Waals surface area contributed by atoms with Gasteiger partial charge in [-0.25, -0.2) is 0 Å². The van der Waals surface area contributed by atoms with Crippen LogP contribution in [0.2, 0.25) is 0 Å². The van der Waals surface area contributed by atoms with Gasteiger partial charge in [0.25, 0.3) is 5.91 Å². The summed E-state index contributed by atoms with van der Waals surface area (Å²) in [5, 5.41) is 3.02. The van der Waals surface area contributed by atoms with E-state index >= 15 is 0 Å². The molecule has 0 aromatic heterocycles. The predicted octanol–water partition coefficient (Wildman–Crippen LogP) is 4.46. The van der Waals surface area contributed by atoms with Gasteiger partial charge in [0.05, 0.1) is 12.7 Å². The molecule has 1 N–H and O–H groups in total. The van der Waals surface area contributed by atoms with E-state index in [9.17, 15) is 4.79 Å². The van der Waals surface area contributed by atoms with Crippen LogP contribution in [0.3, 0.4) is 0 Å². The predicted molar refractivity (Wildman–Crippen MR) is 97.0 cm³/mol. The Bertz CT molecular complexity index is 665. The van der Waals surface area contributed by atoms with E-state index in [4.69, 9.17) is 4.74 Å². The molecule has 122 valence electrons. The van der Waals surface area contributed by atoms with Crippen LogP contribution in [0.5, 0.6) is 5.75 Å². The van der Waals surface area contributed by atoms with Crippen LogP contribution in [0.1, 0.15) is 29.8 Å². The maximum Gasteiger partial charge on any atom is 0.255 e. The van der Waals surface area contributed by atoms with Crippen molar-refractivity contribution in [2.75, 3.05) is 13.7 Å². The molecule has 0 unspecified atom stereocenters. The van der Waals surface area contributed by atoms with Gasteiger partial charge in [-0.3, -0.25) is 4.79 Å². The average molecular weight is 376 g/mol. The highest BCUT2D eigenvalue weighted by Gasteiger charge is 2.21. The summed E-state index contributed by atoms with van der Waals surface area (Å²) in [7, 11) is 1.57. The summed E-state index contributed by atoms with van der Waals surface area (Å²) in [5.41, 5.74) is 1.78. The molecule has 2 rings (SSSR count). The molecule has 2 aromatic carbocycles. The lowest BCUT2D eigenvalue weighted by Crippen LogP contribution is -2.35. The van der Waals surface area contributed by atoms with Crippen LogP contribution in [-0.2, 0) is 6.42 Å². The van der Waals surface area contributed by atoms with E-state index in [-0.39, 0.29) is 11.3 Å². The van der Waals surface area contributed by atoms with Crippen molar-refractivity contribution >= 4 is 21.8 Å². The first-order valence-corrected chi connectivity index (χ1v) is 8.36. The fraction of sp³-hybridized carbons (Fsp3) is 0.316. The number of carbonyl (C=O) groups excluding carboxylic acids is 1. The Labute approximate surface area is 146 Å². The fourth-order valence-corrected chi connectivity index (χ4v) is 2.73. The Hall–Kier alpha value is -1.81. The highest BCUT2D eigenvalue weighted by Crippen LogP contribution is 2.23. The molecule has 23 heavy (non-hydrogen) atoms. The minimum atomic E-state index is -0.105. The summed E-state index contributed by atoms with van der Waals surface area (Å²) < 4.78 is 6.31. The summed E-state index contributed by atoms with van der Waals surface area (Å²) in [6, 6.07) is 15.6. The molecule has 0 bridgehead atoms. The largest absolute Gasteiger partial charge is 0.496 e. The molecular weight excluding hydrogens is 354 g/mol. The quantitative estimate of drug-likeness (QED) is 0.809. The molecule has 0 aliphatic heterocycles. The standard InChI is InChI=1S/C19H22BrNO2/c1-19(2,12-14-8-10-15(20)11-9-14)13-21-18(22)16-6-4-5-7-17(16)23-3/h4-11H,12-13H2,1-3H3,(H,21,22). The molecule has 2 aromatic rings. The fourth-order valence-electron chi connectivity index (χ4n) is 2.46. The molecule has 0 fully saturated rings. The lowest BCUT2D eigenvalue weighted by atomic mass is 9.85. The van der Waals surface area contributed by atoms with Crippen molar-refractivity contribution in [2.45, 2.75) is 20.3 Å². The van der Waals surface area contributed by atoms with Crippen molar-refractivity contribution in [3.8, 4) is 5.75 Å². The van der Waals surface area contributed by atoms with Gasteiger partial charge in [0.1, 0.15) is 5.75 Å². The van der Waals surface area contributed by atoms with Gasteiger partial charge in [-0.05, 0) is 41.7 Å². The van der Waals surface area contributed by atoms with Crippen LogP contribution in [0.15, 0.2) is 53.0 Å². The SMILES string of the molecule is COc1ccccc1C(=O)NCC(C)(C)Cc1ccc(Br)cc1. The first kappa shape index (κ1) is 17.5. The molecule has 0 saturated heterocycles. The Morgan fingerprint density at radius 3 is 2.43 bits per heavy atom. The number of ether oxygens (including phenoxy) is 1. The van der Waals surface area contributed by atoms with Crippen molar-refractivity contribution in [1.29, 1.82) is 0 Å². The molecule has 0 saturated carbocycles. The second-order valence-electron chi connectivity index (χ2n) is 6.35. The van der Waals surface area contributed by atoms with Crippen molar-refractivity contribution in [3.05, 3.63) is 64.1 Å². The molecule has 0 aliphatic carbocycles. The summed E-state index contributed by atoms with van der Waals surface area (Å²) in [6.07, 6.45) is 0.895. The van der Waals surface area contributed by atoms with E-state index in [1.54, 1.807) is 19.2 Å². The molecule has 0 spiro atoms. The maximum absolute atomic E-state index is 12.4. The summed E-state index contributed by atoms with van der Waals surface area (Å²) in [5.74, 6) is 0.488. The zero-order valence-corrected chi connectivity index (χ0v) is 15.3. The van der Waals surface area contributed by atoms with Gasteiger partial charge in [0, 0.05) is 11.0 Å². The third-order valence-electron chi connectivity index (χ3n) is 3.68. The van der Waals surface area contributed by atoms with Crippen molar-refractivity contribution in [2.24, 2.45) is 5.41 Å². The Kier molecular flexibility index (Phi) is 5.83. The van der Waals surface area contributed by atoms with E-state index in [1.165, 1.54) is 5.56 Å². The summed E-state index contributed by atoms with van der Waals surface area (Å²) in [6.45, 7) is 4.90. The maximum atomic E-state index is 12.4. The van der Waals surface area contributed by atoms with Gasteiger partial charge < -0.3 is 10.1 Å². The van der Waals surface area contributed by atoms with Gasteiger partial charge in [-0.1, -0.05) is 54.0 Å². The Morgan fingerprint density at radius 1 is 1.13 bits per heavy atom. The van der Waals surface area contributed by atoms with Gasteiger partial charge in [0.2, 0.25) is 0 Å². The molecule has 3 nitrogen and oxygen atoms in total. The lowest BCUT2D eigenvalue weighted by molar-refractivity contribution is 0.0933. The molecule has 0 heterocycles. The van der Waals surface area contributed by atoms with Crippen LogP contribution >= 0.6 is 15.9 Å². The van der Waals surface area contributed by atoms with E-state index < -0.39 is 0 Å². The molecule has 0 aliphatic rings. The molecule has 0 radical (unpaired) electrons. The first-order chi connectivity index (χ1) is 10.9. The normalized spacial score (nSPS) is 11.1. The van der Waals surface area contributed by atoms with Crippen LogP contribution < -0.4 is 10.1 Å². The van der Waals surface area contributed by atoms with Crippen LogP contribution in [-0.4, -0.2) is 19.6 Å². The number of para-hydroxylation sites is 1. The number of hydrogen-bond donors (Lipinski definition) is 1. The van der Waals surface area contributed by atoms with E-state index in [0.717, 1.165) is 10.9 Å². The summed E-state index contributed by atoms with van der Waals surface area (Å²) >= 11 is 3.45. The van der Waals surface area contributed by atoms with Gasteiger partial charge in [-0.2, -0.15) is 0 Å². The van der Waals surface area contributed by atoms with Crippen LogP contribution in [0.25, 0.3) is 0 Å². The number of halogens is 1. The van der Waals surface area contributed by atoms with Gasteiger partial charge in [-0.15, -0.1) is 0 Å². The van der Waals surface area contributed by atoms with Gasteiger partial charge >= 0.3 is 0 Å². The minimum absolute atomic E-state index is 0.0362. The monoisotopic (exact) mass is 375 g/mol. The zero-order chi connectivity index (χ0) is 16.9. The van der Waals surface area contributed by atoms with Crippen LogP contribution in [0, 0.1) is 5.41 Å². The topological polar surface area (TPSA) is 38.3 Å². The minimum Gasteiger partial charge on any atom is -0.496 e. The first-order valence-electron chi connectivity index (χ1n) is 7.57. The number of benzene rings is 2. The zero-order valence-electron chi connectivity index (χ0n) is 13.7. The third kappa shape index (κ3) is 5.10. The number of carbonyl (C=O) groups is 1. The second-order valence-corrected chi connectivity index (χ2v) is 7.27. The van der Waals surface area contributed by atoms with E-state index in [0.29, 0.717) is 17.9 Å². The number of nitrogens with one attached hydrogen (secondary N) is 1. The number of amides is 1. The highest BCUT2D eigenvalue weighted by molar-refractivity contribution is 9.10. The lowest BCUT2D eigenvalue weighted by Gasteiger charge is -2.25. The number of rotatable bonds is 6. The van der Waals surface area contributed by atoms with Crippen molar-refractivity contribution < 1.29 is 9.53 Å². The van der Waals surface area contributed by atoms with Crippen molar-refractivity contribution in [3.63, 3.8) is 0 Å². The second kappa shape index (κ2) is 7.64. The third-order valence-corrected chi connectivity index (χ3v) is 4.20. The molecular formula is C19H22BrNO2. The molecule has 0 atom stereocenters. The van der Waals surface area contributed by atoms with Gasteiger partial charge in [0.15, 0.2) is 0 Å². The number of hydrogen-bond acceptors (Lipinski definition) is 2. The van der Waals surface area contributed by atoms with Crippen molar-refractivity contribution in [1.82, 2.24) is 5.32 Å². The highest BCUT2D eigenvalue weighted by atomic mass is 79.9. The Morgan fingerprint density at radius 2 is 1.78 bits per heavy atom. The average Bonchev–Trinajstić information content (AvgIpc) is 2.54. The molecule has 1 amide bonds. The number of methoxy groups -OCH3 is 1. The van der Waals surface area contributed by atoms with Crippen LogP contribution in [0.4, 0.5) is 0 Å². The Balaban J connectivity index is 1.98. The van der Waals surface area contributed by atoms with E-state index in [2.05, 4.69) is 47.2 Å². The molecule has 4 heteroatoms. The van der Waals surface area contributed by atoms with E-state index in [1.807, 2.05) is 24.3 Å². The smallest absolute Gasteiger partial charge is 0.255 e. The summed E-state index contributed by atoms with van der Waals surface area (Å²) in [4.78, 5) is 12.4.